The second-order valence-electron chi connectivity index (χ2n) is 4.35. The Bertz CT molecular complexity index is 482. The molecule has 0 aliphatic carbocycles. The van der Waals surface area contributed by atoms with Gasteiger partial charge in [0, 0.05) is 12.4 Å². The Labute approximate surface area is 108 Å². The lowest BCUT2D eigenvalue weighted by molar-refractivity contribution is 0.665. The molecule has 0 aliphatic heterocycles. The van der Waals surface area contributed by atoms with Crippen molar-refractivity contribution in [1.82, 2.24) is 15.3 Å². The highest BCUT2D eigenvalue weighted by Gasteiger charge is 2.13. The van der Waals surface area contributed by atoms with Gasteiger partial charge in [0.2, 0.25) is 0 Å². The van der Waals surface area contributed by atoms with Crippen molar-refractivity contribution in [1.29, 1.82) is 0 Å². The van der Waals surface area contributed by atoms with E-state index in [0.29, 0.717) is 0 Å². The van der Waals surface area contributed by atoms with Gasteiger partial charge in [0.1, 0.15) is 0 Å². The van der Waals surface area contributed by atoms with Crippen LogP contribution in [0.1, 0.15) is 36.2 Å². The summed E-state index contributed by atoms with van der Waals surface area (Å²) >= 11 is 0. The number of aryl methyl sites for hydroxylation is 1. The van der Waals surface area contributed by atoms with Crippen LogP contribution in [0.2, 0.25) is 0 Å². The normalized spacial score (nSPS) is 12.3. The molecule has 0 aliphatic rings. The largest absolute Gasteiger partial charge is 0.308 e. The highest BCUT2D eigenvalue weighted by molar-refractivity contribution is 5.30. The number of aromatic nitrogens is 2. The number of nitrogens with zero attached hydrogens (tertiary/aromatic N) is 2. The van der Waals surface area contributed by atoms with Crippen LogP contribution in [-0.2, 0) is 6.42 Å². The molecule has 1 atom stereocenters. The molecule has 1 aromatic carbocycles. The molecule has 2 rings (SSSR count). The van der Waals surface area contributed by atoms with E-state index in [9.17, 15) is 0 Å². The molecule has 94 valence electrons. The SMILES string of the molecule is CCCc1cccc(C(NC)c2cnccn2)c1. The summed E-state index contributed by atoms with van der Waals surface area (Å²) in [5.74, 6) is 0. The monoisotopic (exact) mass is 241 g/mol. The molecule has 1 aromatic heterocycles. The molecule has 0 bridgehead atoms. The predicted molar refractivity (Wildman–Crippen MR) is 73.4 cm³/mol. The van der Waals surface area contributed by atoms with Gasteiger partial charge in [-0.05, 0) is 24.6 Å². The Morgan fingerprint density at radius 3 is 2.83 bits per heavy atom. The van der Waals surface area contributed by atoms with Crippen molar-refractivity contribution >= 4 is 0 Å². The van der Waals surface area contributed by atoms with Gasteiger partial charge >= 0.3 is 0 Å². The average molecular weight is 241 g/mol. The lowest BCUT2D eigenvalue weighted by Gasteiger charge is -2.16. The fourth-order valence-corrected chi connectivity index (χ4v) is 2.16. The van der Waals surface area contributed by atoms with E-state index < -0.39 is 0 Å². The molecule has 3 nitrogen and oxygen atoms in total. The molecule has 0 saturated carbocycles. The fourth-order valence-electron chi connectivity index (χ4n) is 2.16. The van der Waals surface area contributed by atoms with Gasteiger partial charge in [-0.2, -0.15) is 0 Å². The van der Waals surface area contributed by atoms with E-state index in [-0.39, 0.29) is 6.04 Å². The molecule has 1 unspecified atom stereocenters. The van der Waals surface area contributed by atoms with Crippen LogP contribution in [0.15, 0.2) is 42.9 Å². The van der Waals surface area contributed by atoms with Crippen LogP contribution < -0.4 is 5.32 Å². The highest BCUT2D eigenvalue weighted by atomic mass is 14.9. The zero-order chi connectivity index (χ0) is 12.8. The van der Waals surface area contributed by atoms with Crippen LogP contribution in [0, 0.1) is 0 Å². The third-order valence-electron chi connectivity index (χ3n) is 2.99. The van der Waals surface area contributed by atoms with Crippen LogP contribution in [0.4, 0.5) is 0 Å². The Balaban J connectivity index is 2.30. The molecule has 0 saturated heterocycles. The quantitative estimate of drug-likeness (QED) is 0.874. The molecule has 1 heterocycles. The van der Waals surface area contributed by atoms with Gasteiger partial charge in [-0.15, -0.1) is 0 Å². The van der Waals surface area contributed by atoms with E-state index >= 15 is 0 Å². The molecule has 2 aromatic rings. The molecule has 0 spiro atoms. The summed E-state index contributed by atoms with van der Waals surface area (Å²) in [6.45, 7) is 2.20. The molecular weight excluding hydrogens is 222 g/mol. The number of nitrogens with one attached hydrogen (secondary N) is 1. The zero-order valence-electron chi connectivity index (χ0n) is 10.9. The standard InChI is InChI=1S/C15H19N3/c1-3-5-12-6-4-7-13(10-12)15(16-2)14-11-17-8-9-18-14/h4,6-11,15-16H,3,5H2,1-2H3. The van der Waals surface area contributed by atoms with Crippen molar-refractivity contribution in [3.8, 4) is 0 Å². The summed E-state index contributed by atoms with van der Waals surface area (Å²) in [7, 11) is 1.95. The van der Waals surface area contributed by atoms with E-state index in [2.05, 4.69) is 46.5 Å². The van der Waals surface area contributed by atoms with Gasteiger partial charge in [-0.3, -0.25) is 9.97 Å². The smallest absolute Gasteiger partial charge is 0.0801 e. The van der Waals surface area contributed by atoms with Crippen LogP contribution in [0.25, 0.3) is 0 Å². The first-order valence-electron chi connectivity index (χ1n) is 6.37. The van der Waals surface area contributed by atoms with Crippen molar-refractivity contribution < 1.29 is 0 Å². The maximum Gasteiger partial charge on any atom is 0.0801 e. The summed E-state index contributed by atoms with van der Waals surface area (Å²) < 4.78 is 0. The minimum atomic E-state index is 0.107. The minimum Gasteiger partial charge on any atom is -0.308 e. The van der Waals surface area contributed by atoms with Gasteiger partial charge in [0.15, 0.2) is 0 Å². The summed E-state index contributed by atoms with van der Waals surface area (Å²) in [4.78, 5) is 8.51. The van der Waals surface area contributed by atoms with Crippen molar-refractivity contribution in [3.63, 3.8) is 0 Å². The molecule has 0 radical (unpaired) electrons. The highest BCUT2D eigenvalue weighted by Crippen LogP contribution is 2.20. The topological polar surface area (TPSA) is 37.8 Å². The average Bonchev–Trinajstić information content (AvgIpc) is 2.42. The maximum absolute atomic E-state index is 4.38. The summed E-state index contributed by atoms with van der Waals surface area (Å²) in [6, 6.07) is 8.78. The first-order chi connectivity index (χ1) is 8.85. The van der Waals surface area contributed by atoms with Crippen LogP contribution in [0.3, 0.4) is 0 Å². The third kappa shape index (κ3) is 2.93. The Hall–Kier alpha value is -1.74. The summed E-state index contributed by atoms with van der Waals surface area (Å²) in [5.41, 5.74) is 3.57. The first-order valence-corrected chi connectivity index (χ1v) is 6.37. The Kier molecular flexibility index (Phi) is 4.42. The zero-order valence-corrected chi connectivity index (χ0v) is 10.9. The molecule has 0 fully saturated rings. The molecule has 1 N–H and O–H groups in total. The summed E-state index contributed by atoms with van der Waals surface area (Å²) in [5, 5.41) is 3.30. The fraction of sp³-hybridized carbons (Fsp3) is 0.333. The summed E-state index contributed by atoms with van der Waals surface area (Å²) in [6.07, 6.45) is 7.52. The van der Waals surface area contributed by atoms with Crippen LogP contribution in [-0.4, -0.2) is 17.0 Å². The van der Waals surface area contributed by atoms with E-state index in [1.165, 1.54) is 17.5 Å². The second kappa shape index (κ2) is 6.26. The number of hydrogen-bond donors (Lipinski definition) is 1. The van der Waals surface area contributed by atoms with E-state index in [4.69, 9.17) is 0 Å². The van der Waals surface area contributed by atoms with Crippen molar-refractivity contribution in [3.05, 3.63) is 59.7 Å². The van der Waals surface area contributed by atoms with Crippen molar-refractivity contribution in [2.75, 3.05) is 7.05 Å². The van der Waals surface area contributed by atoms with Gasteiger partial charge in [-0.1, -0.05) is 37.6 Å². The first kappa shape index (κ1) is 12.7. The third-order valence-corrected chi connectivity index (χ3v) is 2.99. The molecular formula is C15H19N3. The van der Waals surface area contributed by atoms with Crippen LogP contribution >= 0.6 is 0 Å². The lowest BCUT2D eigenvalue weighted by Crippen LogP contribution is -2.19. The lowest BCUT2D eigenvalue weighted by atomic mass is 10.00. The maximum atomic E-state index is 4.38. The Morgan fingerprint density at radius 1 is 1.28 bits per heavy atom. The van der Waals surface area contributed by atoms with Gasteiger partial charge in [-0.25, -0.2) is 0 Å². The number of benzene rings is 1. The molecule has 3 heteroatoms. The van der Waals surface area contributed by atoms with Crippen molar-refractivity contribution in [2.24, 2.45) is 0 Å². The van der Waals surface area contributed by atoms with Crippen LogP contribution in [0.5, 0.6) is 0 Å². The molecule has 18 heavy (non-hydrogen) atoms. The molecule has 0 amide bonds. The van der Waals surface area contributed by atoms with Gasteiger partial charge < -0.3 is 5.32 Å². The van der Waals surface area contributed by atoms with E-state index in [1.807, 2.05) is 13.2 Å². The second-order valence-corrected chi connectivity index (χ2v) is 4.35. The number of hydrogen-bond acceptors (Lipinski definition) is 3. The van der Waals surface area contributed by atoms with E-state index in [0.717, 1.165) is 12.1 Å². The van der Waals surface area contributed by atoms with E-state index in [1.54, 1.807) is 12.4 Å². The predicted octanol–water partition coefficient (Wildman–Crippen LogP) is 2.74. The number of rotatable bonds is 5. The minimum absolute atomic E-state index is 0.107. The van der Waals surface area contributed by atoms with Gasteiger partial charge in [0.25, 0.3) is 0 Å². The van der Waals surface area contributed by atoms with Gasteiger partial charge in [0.05, 0.1) is 17.9 Å². The Morgan fingerprint density at radius 2 is 2.17 bits per heavy atom. The van der Waals surface area contributed by atoms with Crippen molar-refractivity contribution in [2.45, 2.75) is 25.8 Å².